The number of nitrogens with one attached hydrogen (secondary N) is 2. The number of hydrogen-bond acceptors (Lipinski definition) is 8. The molecule has 0 amide bonds. The molecule has 1 aliphatic rings. The standard InChI is InChI=1S/C37H38N2O6/c1-26(25-39-30-17-8-9-18-31(30)44-37(42)29-15-6-3-7-16-29)36(41)45-33-20-11-10-19-32(33)43-24-12-23-38-34(27-21-22-27)35(40)28-13-4-2-5-14-28/h2-11,13-20,26-27,34,38-39H,12,21-25H2,1H3. The molecule has 0 heterocycles. The zero-order chi connectivity index (χ0) is 31.4. The molecule has 8 nitrogen and oxygen atoms in total. The van der Waals surface area contributed by atoms with Crippen molar-refractivity contribution in [2.75, 3.05) is 25.0 Å². The predicted molar refractivity (Wildman–Crippen MR) is 173 cm³/mol. The van der Waals surface area contributed by atoms with Crippen LogP contribution in [-0.2, 0) is 4.79 Å². The summed E-state index contributed by atoms with van der Waals surface area (Å²) < 4.78 is 17.3. The van der Waals surface area contributed by atoms with Gasteiger partial charge >= 0.3 is 11.9 Å². The van der Waals surface area contributed by atoms with E-state index in [4.69, 9.17) is 14.2 Å². The van der Waals surface area contributed by atoms with Gasteiger partial charge in [0.15, 0.2) is 23.0 Å². The molecular weight excluding hydrogens is 568 g/mol. The van der Waals surface area contributed by atoms with Gasteiger partial charge in [0.05, 0.1) is 29.8 Å². The summed E-state index contributed by atoms with van der Waals surface area (Å²) in [5.41, 5.74) is 1.77. The van der Waals surface area contributed by atoms with E-state index in [9.17, 15) is 14.4 Å². The van der Waals surface area contributed by atoms with Crippen molar-refractivity contribution < 1.29 is 28.6 Å². The van der Waals surface area contributed by atoms with Crippen LogP contribution in [0.15, 0.2) is 109 Å². The number of carbonyl (C=O) groups excluding carboxylic acids is 3. The molecule has 4 aromatic carbocycles. The molecule has 232 valence electrons. The van der Waals surface area contributed by atoms with Crippen LogP contribution in [0.25, 0.3) is 0 Å². The second-order valence-electron chi connectivity index (χ2n) is 11.1. The first-order valence-corrected chi connectivity index (χ1v) is 15.4. The highest BCUT2D eigenvalue weighted by molar-refractivity contribution is 6.00. The molecule has 2 atom stereocenters. The second kappa shape index (κ2) is 15.7. The van der Waals surface area contributed by atoms with Gasteiger partial charge < -0.3 is 24.8 Å². The molecule has 0 radical (unpaired) electrons. The lowest BCUT2D eigenvalue weighted by molar-refractivity contribution is -0.138. The number of ketones is 1. The molecule has 0 aromatic heterocycles. The van der Waals surface area contributed by atoms with Gasteiger partial charge in [0.1, 0.15) is 0 Å². The first-order chi connectivity index (χ1) is 22.0. The number of anilines is 1. The Labute approximate surface area is 263 Å². The van der Waals surface area contributed by atoms with Gasteiger partial charge in [-0.05, 0) is 68.1 Å². The number of benzene rings is 4. The molecule has 0 aliphatic heterocycles. The van der Waals surface area contributed by atoms with Gasteiger partial charge in [-0.15, -0.1) is 0 Å². The summed E-state index contributed by atoms with van der Waals surface area (Å²) in [7, 11) is 0. The Kier molecular flexibility index (Phi) is 11.0. The van der Waals surface area contributed by atoms with Crippen LogP contribution in [0.5, 0.6) is 17.2 Å². The maximum absolute atomic E-state index is 13.0. The number of rotatable bonds is 16. The molecule has 1 fully saturated rings. The van der Waals surface area contributed by atoms with Crippen molar-refractivity contribution in [1.29, 1.82) is 0 Å². The maximum atomic E-state index is 13.0. The summed E-state index contributed by atoms with van der Waals surface area (Å²) in [6.07, 6.45) is 2.81. The largest absolute Gasteiger partial charge is 0.490 e. The van der Waals surface area contributed by atoms with Crippen LogP contribution in [0.4, 0.5) is 5.69 Å². The van der Waals surface area contributed by atoms with Crippen molar-refractivity contribution in [3.05, 3.63) is 120 Å². The van der Waals surface area contributed by atoms with Gasteiger partial charge in [0, 0.05) is 12.1 Å². The summed E-state index contributed by atoms with van der Waals surface area (Å²) in [5.74, 6) is 0.302. The monoisotopic (exact) mass is 606 g/mol. The van der Waals surface area contributed by atoms with Gasteiger partial charge in [-0.3, -0.25) is 9.59 Å². The smallest absolute Gasteiger partial charge is 0.343 e. The second-order valence-corrected chi connectivity index (χ2v) is 11.1. The van der Waals surface area contributed by atoms with Crippen molar-refractivity contribution in [2.45, 2.75) is 32.2 Å². The zero-order valence-corrected chi connectivity index (χ0v) is 25.3. The Morgan fingerprint density at radius 2 is 1.33 bits per heavy atom. The molecule has 0 spiro atoms. The van der Waals surface area contributed by atoms with E-state index < -0.39 is 17.9 Å². The van der Waals surface area contributed by atoms with E-state index in [0.29, 0.717) is 54.0 Å². The molecule has 2 N–H and O–H groups in total. The number of Topliss-reactive ketones (excluding diaryl/α,β-unsaturated/α-hetero) is 1. The molecule has 0 saturated heterocycles. The van der Waals surface area contributed by atoms with Crippen LogP contribution in [0.1, 0.15) is 46.9 Å². The number of esters is 2. The molecule has 1 saturated carbocycles. The highest BCUT2D eigenvalue weighted by atomic mass is 16.6. The summed E-state index contributed by atoms with van der Waals surface area (Å²) in [5, 5.41) is 6.63. The highest BCUT2D eigenvalue weighted by Gasteiger charge is 2.36. The molecular formula is C37H38N2O6. The summed E-state index contributed by atoms with van der Waals surface area (Å²) in [6, 6.07) is 32.1. The van der Waals surface area contributed by atoms with Crippen LogP contribution in [0.2, 0.25) is 0 Å². The molecule has 0 bridgehead atoms. The Balaban J connectivity index is 1.08. The van der Waals surface area contributed by atoms with E-state index in [1.54, 1.807) is 67.6 Å². The van der Waals surface area contributed by atoms with Crippen molar-refractivity contribution >= 4 is 23.4 Å². The predicted octanol–water partition coefficient (Wildman–Crippen LogP) is 6.58. The van der Waals surface area contributed by atoms with Crippen molar-refractivity contribution in [3.63, 3.8) is 0 Å². The molecule has 5 rings (SSSR count). The van der Waals surface area contributed by atoms with E-state index >= 15 is 0 Å². The fourth-order valence-corrected chi connectivity index (χ4v) is 4.84. The van der Waals surface area contributed by atoms with E-state index in [2.05, 4.69) is 10.6 Å². The first-order valence-electron chi connectivity index (χ1n) is 15.4. The summed E-state index contributed by atoms with van der Waals surface area (Å²) in [4.78, 5) is 38.5. The molecule has 4 aromatic rings. The maximum Gasteiger partial charge on any atom is 0.343 e. The SMILES string of the molecule is CC(CNc1ccccc1OC(=O)c1ccccc1)C(=O)Oc1ccccc1OCCCNC(C(=O)c1ccccc1)C1CC1. The minimum atomic E-state index is -0.512. The van der Waals surface area contributed by atoms with Crippen LogP contribution in [0.3, 0.4) is 0 Å². The minimum Gasteiger partial charge on any atom is -0.490 e. The Morgan fingerprint density at radius 3 is 2.02 bits per heavy atom. The van der Waals surface area contributed by atoms with Gasteiger partial charge in [-0.25, -0.2) is 4.79 Å². The number of hydrogen-bond donors (Lipinski definition) is 2. The van der Waals surface area contributed by atoms with E-state index in [-0.39, 0.29) is 18.4 Å². The lowest BCUT2D eigenvalue weighted by Gasteiger charge is -2.18. The lowest BCUT2D eigenvalue weighted by Crippen LogP contribution is -2.39. The van der Waals surface area contributed by atoms with Gasteiger partial charge in [-0.2, -0.15) is 0 Å². The third-order valence-corrected chi connectivity index (χ3v) is 7.54. The number of ether oxygens (including phenoxy) is 3. The number of carbonyl (C=O) groups is 3. The Hall–Kier alpha value is -4.95. The van der Waals surface area contributed by atoms with Crippen LogP contribution in [-0.4, -0.2) is 43.5 Å². The fourth-order valence-electron chi connectivity index (χ4n) is 4.84. The van der Waals surface area contributed by atoms with Crippen molar-refractivity contribution in [3.8, 4) is 17.2 Å². The molecule has 1 aliphatic carbocycles. The van der Waals surface area contributed by atoms with Crippen molar-refractivity contribution in [1.82, 2.24) is 5.32 Å². The van der Waals surface area contributed by atoms with Crippen molar-refractivity contribution in [2.24, 2.45) is 11.8 Å². The summed E-state index contributed by atoms with van der Waals surface area (Å²) in [6.45, 7) is 3.05. The van der Waals surface area contributed by atoms with Crippen LogP contribution in [0, 0.1) is 11.8 Å². The fraction of sp³-hybridized carbons (Fsp3) is 0.270. The molecule has 8 heteroatoms. The lowest BCUT2D eigenvalue weighted by atomic mass is 10.0. The Bertz CT molecular complexity index is 1570. The topological polar surface area (TPSA) is 103 Å². The van der Waals surface area contributed by atoms with E-state index in [1.165, 1.54) is 0 Å². The minimum absolute atomic E-state index is 0.136. The average molecular weight is 607 g/mol. The quantitative estimate of drug-likeness (QED) is 0.0638. The van der Waals surface area contributed by atoms with Crippen LogP contribution >= 0.6 is 0 Å². The number of para-hydroxylation sites is 4. The zero-order valence-electron chi connectivity index (χ0n) is 25.3. The average Bonchev–Trinajstić information content (AvgIpc) is 3.92. The van der Waals surface area contributed by atoms with Gasteiger partial charge in [-0.1, -0.05) is 79.7 Å². The normalized spacial score (nSPS) is 13.7. The summed E-state index contributed by atoms with van der Waals surface area (Å²) >= 11 is 0. The van der Waals surface area contributed by atoms with E-state index in [0.717, 1.165) is 18.4 Å². The first kappa shape index (κ1) is 31.5. The van der Waals surface area contributed by atoms with Crippen LogP contribution < -0.4 is 24.8 Å². The third-order valence-electron chi connectivity index (χ3n) is 7.54. The highest BCUT2D eigenvalue weighted by Crippen LogP contribution is 2.34. The van der Waals surface area contributed by atoms with Gasteiger partial charge in [0.25, 0.3) is 0 Å². The van der Waals surface area contributed by atoms with Gasteiger partial charge in [0.2, 0.25) is 0 Å². The third kappa shape index (κ3) is 9.03. The molecule has 2 unspecified atom stereocenters. The Morgan fingerprint density at radius 1 is 0.733 bits per heavy atom. The molecule has 45 heavy (non-hydrogen) atoms. The van der Waals surface area contributed by atoms with E-state index in [1.807, 2.05) is 48.5 Å².